The number of anilines is 1. The van der Waals surface area contributed by atoms with Gasteiger partial charge in [-0.15, -0.1) is 0 Å². The summed E-state index contributed by atoms with van der Waals surface area (Å²) in [6.45, 7) is 3.51. The summed E-state index contributed by atoms with van der Waals surface area (Å²) in [7, 11) is 0. The van der Waals surface area contributed by atoms with Crippen LogP contribution in [0.25, 0.3) is 0 Å². The van der Waals surface area contributed by atoms with Gasteiger partial charge in [0.05, 0.1) is 0 Å². The topological polar surface area (TPSA) is 73.2 Å². The molecule has 0 heterocycles. The fourth-order valence-electron chi connectivity index (χ4n) is 1.27. The van der Waals surface area contributed by atoms with E-state index in [1.54, 1.807) is 19.1 Å². The minimum Gasteiger partial charge on any atom is -0.480 e. The fraction of sp³-hybridized carbons (Fsp3) is 0.273. The van der Waals surface area contributed by atoms with E-state index in [-0.39, 0.29) is 6.54 Å². The van der Waals surface area contributed by atoms with Gasteiger partial charge in [0.2, 0.25) is 0 Å². The molecule has 0 atom stereocenters. The smallest absolute Gasteiger partial charge is 0.322 e. The maximum atomic E-state index is 10.4. The fourth-order valence-corrected chi connectivity index (χ4v) is 1.27. The number of aliphatic carboxylic acids is 1. The summed E-state index contributed by atoms with van der Waals surface area (Å²) in [4.78, 5) is 10.4. The highest BCUT2D eigenvalue weighted by atomic mass is 16.4. The number of benzene rings is 1. The Morgan fingerprint density at radius 2 is 2.20 bits per heavy atom. The van der Waals surface area contributed by atoms with Crippen LogP contribution in [0, 0.1) is 12.3 Å². The first-order valence-corrected chi connectivity index (χ1v) is 4.62. The Labute approximate surface area is 88.4 Å². The normalized spacial score (nSPS) is 9.73. The molecule has 0 saturated carbocycles. The van der Waals surface area contributed by atoms with Crippen LogP contribution >= 0.6 is 0 Å². The summed E-state index contributed by atoms with van der Waals surface area (Å²) >= 11 is 0. The maximum Gasteiger partial charge on any atom is 0.322 e. The number of hydrogen-bond acceptors (Lipinski definition) is 3. The van der Waals surface area contributed by atoms with Crippen molar-refractivity contribution in [1.29, 1.82) is 5.41 Å². The number of nitrogens with one attached hydrogen (secondary N) is 2. The van der Waals surface area contributed by atoms with Crippen molar-refractivity contribution in [2.45, 2.75) is 13.8 Å². The van der Waals surface area contributed by atoms with Crippen LogP contribution in [0.1, 0.15) is 18.1 Å². The average molecular weight is 206 g/mol. The lowest BCUT2D eigenvalue weighted by Gasteiger charge is -2.08. The first kappa shape index (κ1) is 11.2. The first-order chi connectivity index (χ1) is 7.00. The maximum absolute atomic E-state index is 10.4. The predicted molar refractivity (Wildman–Crippen MR) is 59.8 cm³/mol. The standard InChI is InChI=1S/C11H14N2O2/c1-7-5-9(8(2)12)3-4-10(7)13-6-11(14)15/h3-5,12-13H,6H2,1-2H3,(H,14,15). The van der Waals surface area contributed by atoms with E-state index >= 15 is 0 Å². The molecule has 0 unspecified atom stereocenters. The predicted octanol–water partition coefficient (Wildman–Crippen LogP) is 1.88. The van der Waals surface area contributed by atoms with Crippen LogP contribution < -0.4 is 5.32 Å². The highest BCUT2D eigenvalue weighted by Crippen LogP contribution is 2.16. The zero-order valence-corrected chi connectivity index (χ0v) is 8.79. The van der Waals surface area contributed by atoms with Crippen molar-refractivity contribution in [1.82, 2.24) is 0 Å². The summed E-state index contributed by atoms with van der Waals surface area (Å²) in [5.74, 6) is -0.887. The van der Waals surface area contributed by atoms with Gasteiger partial charge in [-0.1, -0.05) is 6.07 Å². The van der Waals surface area contributed by atoms with E-state index in [4.69, 9.17) is 10.5 Å². The van der Waals surface area contributed by atoms with Gasteiger partial charge in [0, 0.05) is 11.4 Å². The van der Waals surface area contributed by atoms with E-state index in [0.717, 1.165) is 16.8 Å². The molecule has 1 rings (SSSR count). The van der Waals surface area contributed by atoms with Gasteiger partial charge in [0.15, 0.2) is 0 Å². The molecule has 3 N–H and O–H groups in total. The molecule has 0 saturated heterocycles. The third-order valence-electron chi connectivity index (χ3n) is 2.09. The van der Waals surface area contributed by atoms with Crippen molar-refractivity contribution in [3.63, 3.8) is 0 Å². The van der Waals surface area contributed by atoms with Crippen LogP contribution in [0.2, 0.25) is 0 Å². The highest BCUT2D eigenvalue weighted by Gasteiger charge is 2.02. The molecule has 4 nitrogen and oxygen atoms in total. The Morgan fingerprint density at radius 1 is 1.53 bits per heavy atom. The molecule has 4 heteroatoms. The van der Waals surface area contributed by atoms with Gasteiger partial charge >= 0.3 is 5.97 Å². The Kier molecular flexibility index (Phi) is 3.44. The van der Waals surface area contributed by atoms with Crippen LogP contribution in [0.4, 0.5) is 5.69 Å². The van der Waals surface area contributed by atoms with Crippen LogP contribution in [0.15, 0.2) is 18.2 Å². The summed E-state index contributed by atoms with van der Waals surface area (Å²) in [5.41, 5.74) is 3.10. The quantitative estimate of drug-likeness (QED) is 0.658. The molecule has 0 amide bonds. The molecule has 0 fully saturated rings. The molecule has 15 heavy (non-hydrogen) atoms. The van der Waals surface area contributed by atoms with Gasteiger partial charge in [-0.2, -0.15) is 0 Å². The molecule has 1 aromatic rings. The lowest BCUT2D eigenvalue weighted by Crippen LogP contribution is -2.13. The molecule has 0 spiro atoms. The van der Waals surface area contributed by atoms with Gasteiger partial charge in [-0.3, -0.25) is 4.79 Å². The number of hydrogen-bond donors (Lipinski definition) is 3. The number of rotatable bonds is 4. The zero-order chi connectivity index (χ0) is 11.4. The summed E-state index contributed by atoms with van der Waals surface area (Å²) in [6.07, 6.45) is 0. The molecule has 0 aliphatic carbocycles. The lowest BCUT2D eigenvalue weighted by atomic mass is 10.1. The van der Waals surface area contributed by atoms with E-state index in [0.29, 0.717) is 5.71 Å². The highest BCUT2D eigenvalue weighted by molar-refractivity contribution is 5.96. The number of aryl methyl sites for hydroxylation is 1. The van der Waals surface area contributed by atoms with E-state index < -0.39 is 5.97 Å². The number of carboxylic acids is 1. The second-order valence-electron chi connectivity index (χ2n) is 3.40. The van der Waals surface area contributed by atoms with Crippen molar-refractivity contribution in [3.05, 3.63) is 29.3 Å². The third kappa shape index (κ3) is 3.09. The number of carboxylic acid groups (broad SMARTS) is 1. The molecule has 0 aromatic heterocycles. The van der Waals surface area contributed by atoms with Gasteiger partial charge in [0.25, 0.3) is 0 Å². The summed E-state index contributed by atoms with van der Waals surface area (Å²) < 4.78 is 0. The van der Waals surface area contributed by atoms with Crippen molar-refractivity contribution < 1.29 is 9.90 Å². The number of carbonyl (C=O) groups is 1. The van der Waals surface area contributed by atoms with Crippen LogP contribution in [0.3, 0.4) is 0 Å². The Balaban J connectivity index is 2.83. The minimum absolute atomic E-state index is 0.0935. The molecule has 80 valence electrons. The molecule has 0 bridgehead atoms. The molecular weight excluding hydrogens is 192 g/mol. The molecular formula is C11H14N2O2. The molecule has 0 aliphatic rings. The second kappa shape index (κ2) is 4.59. The largest absolute Gasteiger partial charge is 0.480 e. The van der Waals surface area contributed by atoms with Gasteiger partial charge in [-0.25, -0.2) is 0 Å². The summed E-state index contributed by atoms with van der Waals surface area (Å²) in [5, 5.41) is 18.8. The van der Waals surface area contributed by atoms with Crippen molar-refractivity contribution in [3.8, 4) is 0 Å². The Morgan fingerprint density at radius 3 is 2.67 bits per heavy atom. The average Bonchev–Trinajstić information content (AvgIpc) is 2.15. The molecule has 1 aromatic carbocycles. The van der Waals surface area contributed by atoms with Gasteiger partial charge < -0.3 is 15.8 Å². The Bertz CT molecular complexity index is 400. The van der Waals surface area contributed by atoms with E-state index in [2.05, 4.69) is 5.32 Å². The Hall–Kier alpha value is -1.84. The third-order valence-corrected chi connectivity index (χ3v) is 2.09. The summed E-state index contributed by atoms with van der Waals surface area (Å²) in [6, 6.07) is 5.47. The van der Waals surface area contributed by atoms with E-state index in [1.165, 1.54) is 0 Å². The first-order valence-electron chi connectivity index (χ1n) is 4.62. The molecule has 0 radical (unpaired) electrons. The second-order valence-corrected chi connectivity index (χ2v) is 3.40. The van der Waals surface area contributed by atoms with Crippen molar-refractivity contribution in [2.75, 3.05) is 11.9 Å². The van der Waals surface area contributed by atoms with Gasteiger partial charge in [0.1, 0.15) is 6.54 Å². The van der Waals surface area contributed by atoms with Crippen LogP contribution in [-0.2, 0) is 4.79 Å². The lowest BCUT2D eigenvalue weighted by molar-refractivity contribution is -0.134. The van der Waals surface area contributed by atoms with E-state index in [9.17, 15) is 4.79 Å². The monoisotopic (exact) mass is 206 g/mol. The zero-order valence-electron chi connectivity index (χ0n) is 8.79. The van der Waals surface area contributed by atoms with Crippen molar-refractivity contribution >= 4 is 17.4 Å². The minimum atomic E-state index is -0.887. The molecule has 0 aliphatic heterocycles. The van der Waals surface area contributed by atoms with Crippen molar-refractivity contribution in [2.24, 2.45) is 0 Å². The van der Waals surface area contributed by atoms with Gasteiger partial charge in [-0.05, 0) is 37.1 Å². The van der Waals surface area contributed by atoms with Crippen LogP contribution in [0.5, 0.6) is 0 Å². The van der Waals surface area contributed by atoms with Crippen LogP contribution in [-0.4, -0.2) is 23.3 Å². The van der Waals surface area contributed by atoms with E-state index in [1.807, 2.05) is 13.0 Å². The SMILES string of the molecule is CC(=N)c1ccc(NCC(=O)O)c(C)c1.